The van der Waals surface area contributed by atoms with Crippen LogP contribution < -0.4 is 20.1 Å². The van der Waals surface area contributed by atoms with Crippen molar-refractivity contribution >= 4 is 5.91 Å². The molecule has 1 amide bonds. The van der Waals surface area contributed by atoms with Crippen LogP contribution in [0, 0.1) is 0 Å². The maximum atomic E-state index is 12.6. The van der Waals surface area contributed by atoms with Gasteiger partial charge in [-0.05, 0) is 50.2 Å². The molecule has 2 N–H and O–H groups in total. The van der Waals surface area contributed by atoms with Gasteiger partial charge in [-0.1, -0.05) is 12.1 Å². The molecule has 3 heterocycles. The number of nitrogens with one attached hydrogen (secondary N) is 2. The number of piperidine rings is 1. The quantitative estimate of drug-likeness (QED) is 0.893. The standard InChI is InChI=1S/C19H23N3O3/c23-19(16-4-3-11-22(16)14-7-9-20-10-8-14)21-12-15-13-24-17-5-1-2-6-18(17)25-15/h1-6,11,14-15,20H,7-10,12-13H2,(H,21,23)/t15-/m1/s1. The van der Waals surface area contributed by atoms with Gasteiger partial charge in [0.05, 0.1) is 6.54 Å². The molecule has 0 unspecified atom stereocenters. The van der Waals surface area contributed by atoms with Gasteiger partial charge in [-0.25, -0.2) is 0 Å². The second-order valence-electron chi connectivity index (χ2n) is 6.49. The van der Waals surface area contributed by atoms with Crippen LogP contribution in [0.2, 0.25) is 0 Å². The van der Waals surface area contributed by atoms with E-state index in [1.54, 1.807) is 0 Å². The number of carbonyl (C=O) groups excluding carboxylic acids is 1. The number of ether oxygens (including phenoxy) is 2. The van der Waals surface area contributed by atoms with Gasteiger partial charge in [-0.15, -0.1) is 0 Å². The molecule has 1 saturated heterocycles. The minimum Gasteiger partial charge on any atom is -0.486 e. The van der Waals surface area contributed by atoms with E-state index in [1.165, 1.54) is 0 Å². The molecule has 6 nitrogen and oxygen atoms in total. The van der Waals surface area contributed by atoms with Crippen molar-refractivity contribution in [1.29, 1.82) is 0 Å². The normalized spacial score (nSPS) is 20.2. The van der Waals surface area contributed by atoms with E-state index in [4.69, 9.17) is 9.47 Å². The summed E-state index contributed by atoms with van der Waals surface area (Å²) in [5, 5.41) is 6.34. The van der Waals surface area contributed by atoms with E-state index in [9.17, 15) is 4.79 Å². The molecule has 0 spiro atoms. The Morgan fingerprint density at radius 1 is 1.16 bits per heavy atom. The molecule has 1 aromatic carbocycles. The minimum absolute atomic E-state index is 0.0639. The highest BCUT2D eigenvalue weighted by molar-refractivity contribution is 5.92. The molecule has 2 aliphatic heterocycles. The monoisotopic (exact) mass is 341 g/mol. The Morgan fingerprint density at radius 3 is 2.80 bits per heavy atom. The van der Waals surface area contributed by atoms with Gasteiger partial charge in [0.1, 0.15) is 18.4 Å². The fourth-order valence-corrected chi connectivity index (χ4v) is 3.45. The number of aromatic nitrogens is 1. The lowest BCUT2D eigenvalue weighted by molar-refractivity contribution is 0.0782. The van der Waals surface area contributed by atoms with Crippen molar-refractivity contribution < 1.29 is 14.3 Å². The summed E-state index contributed by atoms with van der Waals surface area (Å²) in [6, 6.07) is 11.8. The molecule has 1 fully saturated rings. The van der Waals surface area contributed by atoms with Crippen LogP contribution in [0.15, 0.2) is 42.6 Å². The number of benzene rings is 1. The highest BCUT2D eigenvalue weighted by Crippen LogP contribution is 2.30. The zero-order valence-electron chi connectivity index (χ0n) is 14.1. The van der Waals surface area contributed by atoms with Crippen LogP contribution in [0.4, 0.5) is 0 Å². The van der Waals surface area contributed by atoms with Crippen LogP contribution >= 0.6 is 0 Å². The molecule has 0 radical (unpaired) electrons. The molecule has 0 saturated carbocycles. The number of rotatable bonds is 4. The van der Waals surface area contributed by atoms with Crippen LogP contribution in [0.1, 0.15) is 29.4 Å². The van der Waals surface area contributed by atoms with Gasteiger partial charge in [-0.2, -0.15) is 0 Å². The number of amides is 1. The van der Waals surface area contributed by atoms with Crippen LogP contribution in [-0.4, -0.2) is 42.8 Å². The molecule has 6 heteroatoms. The summed E-state index contributed by atoms with van der Waals surface area (Å²) >= 11 is 0. The lowest BCUT2D eigenvalue weighted by Crippen LogP contribution is -2.41. The Hall–Kier alpha value is -2.47. The highest BCUT2D eigenvalue weighted by atomic mass is 16.6. The largest absolute Gasteiger partial charge is 0.486 e. The average molecular weight is 341 g/mol. The third kappa shape index (κ3) is 3.49. The molecule has 132 valence electrons. The summed E-state index contributed by atoms with van der Waals surface area (Å²) < 4.78 is 13.7. The SMILES string of the molecule is O=C(NC[C@@H]1COc2ccccc2O1)c1cccn1C1CCNCC1. The Morgan fingerprint density at radius 2 is 1.96 bits per heavy atom. The van der Waals surface area contributed by atoms with Crippen LogP contribution in [0.25, 0.3) is 0 Å². The van der Waals surface area contributed by atoms with Crippen molar-refractivity contribution in [2.75, 3.05) is 26.2 Å². The fourth-order valence-electron chi connectivity index (χ4n) is 3.45. The number of hydrogen-bond donors (Lipinski definition) is 2. The predicted molar refractivity (Wildman–Crippen MR) is 94.3 cm³/mol. The number of fused-ring (bicyclic) bond motifs is 1. The lowest BCUT2D eigenvalue weighted by atomic mass is 10.1. The van der Waals surface area contributed by atoms with E-state index in [0.717, 1.165) is 37.4 Å². The zero-order chi connectivity index (χ0) is 17.1. The van der Waals surface area contributed by atoms with Crippen molar-refractivity contribution in [3.05, 3.63) is 48.3 Å². The van der Waals surface area contributed by atoms with E-state index in [2.05, 4.69) is 15.2 Å². The molecular weight excluding hydrogens is 318 g/mol. The van der Waals surface area contributed by atoms with Gasteiger partial charge >= 0.3 is 0 Å². The lowest BCUT2D eigenvalue weighted by Gasteiger charge is -2.27. The van der Waals surface area contributed by atoms with Crippen molar-refractivity contribution in [3.8, 4) is 11.5 Å². The third-order valence-electron chi connectivity index (χ3n) is 4.77. The number of nitrogens with zero attached hydrogens (tertiary/aromatic N) is 1. The first-order chi connectivity index (χ1) is 12.3. The summed E-state index contributed by atoms with van der Waals surface area (Å²) in [5.74, 6) is 1.42. The smallest absolute Gasteiger partial charge is 0.268 e. The first kappa shape index (κ1) is 16.0. The predicted octanol–water partition coefficient (Wildman–Crippen LogP) is 1.98. The van der Waals surface area contributed by atoms with E-state index < -0.39 is 0 Å². The summed E-state index contributed by atoms with van der Waals surface area (Å²) in [6.45, 7) is 2.85. The van der Waals surface area contributed by atoms with Crippen LogP contribution in [0.5, 0.6) is 11.5 Å². The van der Waals surface area contributed by atoms with E-state index in [1.807, 2.05) is 42.6 Å². The van der Waals surface area contributed by atoms with Crippen LogP contribution in [-0.2, 0) is 0 Å². The van der Waals surface area contributed by atoms with Crippen molar-refractivity contribution in [2.45, 2.75) is 25.0 Å². The van der Waals surface area contributed by atoms with Gasteiger partial charge in [0.15, 0.2) is 11.5 Å². The van der Waals surface area contributed by atoms with E-state index in [-0.39, 0.29) is 12.0 Å². The maximum Gasteiger partial charge on any atom is 0.268 e. The number of carbonyl (C=O) groups is 1. The summed E-state index contributed by atoms with van der Waals surface area (Å²) in [7, 11) is 0. The zero-order valence-corrected chi connectivity index (χ0v) is 14.1. The molecule has 0 bridgehead atoms. The first-order valence-electron chi connectivity index (χ1n) is 8.85. The molecule has 1 aromatic heterocycles. The first-order valence-corrected chi connectivity index (χ1v) is 8.85. The molecule has 2 aliphatic rings. The Labute approximate surface area is 147 Å². The van der Waals surface area contributed by atoms with Gasteiger partial charge < -0.3 is 24.7 Å². The maximum absolute atomic E-state index is 12.6. The van der Waals surface area contributed by atoms with E-state index in [0.29, 0.717) is 24.9 Å². The number of hydrogen-bond acceptors (Lipinski definition) is 4. The summed E-state index contributed by atoms with van der Waals surface area (Å²) in [6.07, 6.45) is 3.92. The molecule has 0 aliphatic carbocycles. The van der Waals surface area contributed by atoms with Crippen molar-refractivity contribution in [3.63, 3.8) is 0 Å². The van der Waals surface area contributed by atoms with Gasteiger partial charge in [0, 0.05) is 12.2 Å². The Balaban J connectivity index is 1.36. The van der Waals surface area contributed by atoms with Gasteiger partial charge in [-0.3, -0.25) is 4.79 Å². The van der Waals surface area contributed by atoms with E-state index >= 15 is 0 Å². The molecule has 1 atom stereocenters. The number of para-hydroxylation sites is 2. The third-order valence-corrected chi connectivity index (χ3v) is 4.77. The second-order valence-corrected chi connectivity index (χ2v) is 6.49. The van der Waals surface area contributed by atoms with Crippen molar-refractivity contribution in [1.82, 2.24) is 15.2 Å². The molecule has 25 heavy (non-hydrogen) atoms. The minimum atomic E-state index is -0.179. The van der Waals surface area contributed by atoms with Gasteiger partial charge in [0.25, 0.3) is 5.91 Å². The topological polar surface area (TPSA) is 64.5 Å². The average Bonchev–Trinajstić information content (AvgIpc) is 3.16. The molecule has 2 aromatic rings. The molecular formula is C19H23N3O3. The Kier molecular flexibility index (Phi) is 4.61. The summed E-state index contributed by atoms with van der Waals surface area (Å²) in [5.41, 5.74) is 0.712. The Bertz CT molecular complexity index is 737. The summed E-state index contributed by atoms with van der Waals surface area (Å²) in [4.78, 5) is 12.6. The fraction of sp³-hybridized carbons (Fsp3) is 0.421. The second kappa shape index (κ2) is 7.19. The highest BCUT2D eigenvalue weighted by Gasteiger charge is 2.23. The molecule has 4 rings (SSSR count). The van der Waals surface area contributed by atoms with Gasteiger partial charge in [0.2, 0.25) is 0 Å². The van der Waals surface area contributed by atoms with Crippen molar-refractivity contribution in [2.24, 2.45) is 0 Å². The van der Waals surface area contributed by atoms with Crippen LogP contribution in [0.3, 0.4) is 0 Å².